The molecule has 5 heteroatoms. The van der Waals surface area contributed by atoms with Crippen molar-refractivity contribution in [3.63, 3.8) is 0 Å². The third-order valence-electron chi connectivity index (χ3n) is 9.47. The van der Waals surface area contributed by atoms with E-state index in [2.05, 4.69) is 102 Å². The summed E-state index contributed by atoms with van der Waals surface area (Å²) in [6.07, 6.45) is 0. The summed E-state index contributed by atoms with van der Waals surface area (Å²) in [6, 6.07) is 58.8. The summed E-state index contributed by atoms with van der Waals surface area (Å²) in [5, 5.41) is 4.53. The van der Waals surface area contributed by atoms with Gasteiger partial charge in [0.15, 0.2) is 11.6 Å². The van der Waals surface area contributed by atoms with Gasteiger partial charge >= 0.3 is 0 Å². The van der Waals surface area contributed by atoms with Crippen molar-refractivity contribution >= 4 is 43.7 Å². The molecule has 50 heavy (non-hydrogen) atoms. The van der Waals surface area contributed by atoms with E-state index in [0.29, 0.717) is 17.6 Å². The monoisotopic (exact) mass is 640 g/mol. The zero-order valence-corrected chi connectivity index (χ0v) is 26.9. The first kappa shape index (κ1) is 28.2. The fourth-order valence-corrected chi connectivity index (χ4v) is 7.05. The SMILES string of the molecule is c1ccc(-c2nc(-c3ccccc3)nc(-n3c4ccccc4c4cc(-c5cccc(-c6ccc7oc8ccccc8c7c6)c5)ccc43)n2)cc1. The van der Waals surface area contributed by atoms with Gasteiger partial charge in [-0.25, -0.2) is 4.98 Å². The number of aromatic nitrogens is 4. The molecule has 5 nitrogen and oxygen atoms in total. The second-order valence-corrected chi connectivity index (χ2v) is 12.5. The maximum atomic E-state index is 6.09. The molecule has 0 aliphatic rings. The Bertz CT molecular complexity index is 2810. The number of para-hydroxylation sites is 2. The van der Waals surface area contributed by atoms with Crippen LogP contribution in [0.1, 0.15) is 0 Å². The van der Waals surface area contributed by atoms with Gasteiger partial charge in [-0.05, 0) is 64.7 Å². The maximum Gasteiger partial charge on any atom is 0.238 e. The largest absolute Gasteiger partial charge is 0.456 e. The van der Waals surface area contributed by atoms with Gasteiger partial charge < -0.3 is 4.42 Å². The molecular weight excluding hydrogens is 613 g/mol. The van der Waals surface area contributed by atoms with E-state index in [4.69, 9.17) is 19.4 Å². The van der Waals surface area contributed by atoms with E-state index in [1.54, 1.807) is 0 Å². The lowest BCUT2D eigenvalue weighted by atomic mass is 9.97. The van der Waals surface area contributed by atoms with E-state index < -0.39 is 0 Å². The molecule has 0 aliphatic heterocycles. The number of hydrogen-bond donors (Lipinski definition) is 0. The highest BCUT2D eigenvalue weighted by Crippen LogP contribution is 2.37. The van der Waals surface area contributed by atoms with Crippen LogP contribution in [0.5, 0.6) is 0 Å². The average molecular weight is 641 g/mol. The van der Waals surface area contributed by atoms with Crippen LogP contribution in [0.3, 0.4) is 0 Å². The Labute approximate surface area is 287 Å². The highest BCUT2D eigenvalue weighted by molar-refractivity contribution is 6.10. The molecule has 0 spiro atoms. The molecule has 3 heterocycles. The molecule has 0 unspecified atom stereocenters. The lowest BCUT2D eigenvalue weighted by molar-refractivity contribution is 0.669. The summed E-state index contributed by atoms with van der Waals surface area (Å²) in [5.41, 5.74) is 10.4. The molecule has 0 N–H and O–H groups in total. The van der Waals surface area contributed by atoms with Crippen LogP contribution in [-0.4, -0.2) is 19.5 Å². The minimum Gasteiger partial charge on any atom is -0.456 e. The first-order valence-corrected chi connectivity index (χ1v) is 16.7. The lowest BCUT2D eigenvalue weighted by Crippen LogP contribution is -2.06. The van der Waals surface area contributed by atoms with Gasteiger partial charge in [0, 0.05) is 32.7 Å². The second kappa shape index (κ2) is 11.4. The highest BCUT2D eigenvalue weighted by Gasteiger charge is 2.18. The van der Waals surface area contributed by atoms with Crippen molar-refractivity contribution < 1.29 is 4.42 Å². The Kier molecular flexibility index (Phi) is 6.42. The van der Waals surface area contributed by atoms with Crippen molar-refractivity contribution in [3.05, 3.63) is 170 Å². The highest BCUT2D eigenvalue weighted by atomic mass is 16.3. The Morgan fingerprint density at radius 2 is 0.860 bits per heavy atom. The Morgan fingerprint density at radius 1 is 0.340 bits per heavy atom. The van der Waals surface area contributed by atoms with Gasteiger partial charge in [-0.15, -0.1) is 0 Å². The van der Waals surface area contributed by atoms with Crippen LogP contribution in [-0.2, 0) is 0 Å². The summed E-state index contributed by atoms with van der Waals surface area (Å²) in [4.78, 5) is 15.1. The van der Waals surface area contributed by atoms with Gasteiger partial charge in [-0.3, -0.25) is 4.57 Å². The first-order valence-electron chi connectivity index (χ1n) is 16.7. The molecule has 0 bridgehead atoms. The Balaban J connectivity index is 1.12. The topological polar surface area (TPSA) is 56.7 Å². The van der Waals surface area contributed by atoms with Crippen molar-refractivity contribution in [1.82, 2.24) is 19.5 Å². The number of rotatable bonds is 5. The van der Waals surface area contributed by atoms with Crippen molar-refractivity contribution in [2.45, 2.75) is 0 Å². The van der Waals surface area contributed by atoms with E-state index in [-0.39, 0.29) is 0 Å². The van der Waals surface area contributed by atoms with Crippen LogP contribution in [0.25, 0.3) is 94.7 Å². The average Bonchev–Trinajstić information content (AvgIpc) is 3.73. The van der Waals surface area contributed by atoms with E-state index in [0.717, 1.165) is 77.1 Å². The molecule has 10 aromatic rings. The first-order chi connectivity index (χ1) is 24.8. The Hall–Kier alpha value is -6.85. The van der Waals surface area contributed by atoms with Gasteiger partial charge in [0.2, 0.25) is 5.95 Å². The molecule has 3 aromatic heterocycles. The zero-order chi connectivity index (χ0) is 33.0. The number of furan rings is 1. The fraction of sp³-hybridized carbons (Fsp3) is 0. The minimum absolute atomic E-state index is 0.584. The molecular formula is C45H28N4O. The Morgan fingerprint density at radius 3 is 1.58 bits per heavy atom. The van der Waals surface area contributed by atoms with Gasteiger partial charge in [0.1, 0.15) is 11.2 Å². The van der Waals surface area contributed by atoms with E-state index in [1.807, 2.05) is 72.8 Å². The van der Waals surface area contributed by atoms with Crippen LogP contribution in [0, 0.1) is 0 Å². The van der Waals surface area contributed by atoms with Crippen LogP contribution in [0.2, 0.25) is 0 Å². The van der Waals surface area contributed by atoms with Crippen LogP contribution in [0.4, 0.5) is 0 Å². The van der Waals surface area contributed by atoms with E-state index >= 15 is 0 Å². The molecule has 0 radical (unpaired) electrons. The smallest absolute Gasteiger partial charge is 0.238 e. The predicted molar refractivity (Wildman–Crippen MR) is 203 cm³/mol. The minimum atomic E-state index is 0.584. The van der Waals surface area contributed by atoms with Crippen LogP contribution >= 0.6 is 0 Å². The van der Waals surface area contributed by atoms with Gasteiger partial charge in [-0.2, -0.15) is 9.97 Å². The molecule has 10 rings (SSSR count). The lowest BCUT2D eigenvalue weighted by Gasteiger charge is -2.11. The van der Waals surface area contributed by atoms with Gasteiger partial charge in [0.25, 0.3) is 0 Å². The third kappa shape index (κ3) is 4.67. The van der Waals surface area contributed by atoms with Crippen molar-refractivity contribution in [2.75, 3.05) is 0 Å². The molecule has 7 aromatic carbocycles. The standard InChI is InChI=1S/C45H28N4O/c1-3-12-29(13-4-1)43-46-44(30-14-5-2-6-15-30)48-45(47-43)49-39-20-9-7-18-35(39)37-27-33(22-24-40(37)49)31-16-11-17-32(26-31)34-23-25-42-38(28-34)36-19-8-10-21-41(36)50-42/h1-28H. The molecule has 0 atom stereocenters. The molecule has 0 fully saturated rings. The van der Waals surface area contributed by atoms with Crippen molar-refractivity contribution in [1.29, 1.82) is 0 Å². The van der Waals surface area contributed by atoms with E-state index in [1.165, 1.54) is 0 Å². The van der Waals surface area contributed by atoms with Crippen molar-refractivity contribution in [2.24, 2.45) is 0 Å². The summed E-state index contributed by atoms with van der Waals surface area (Å²) >= 11 is 0. The van der Waals surface area contributed by atoms with Crippen molar-refractivity contribution in [3.8, 4) is 51.0 Å². The summed E-state index contributed by atoms with van der Waals surface area (Å²) < 4.78 is 8.25. The summed E-state index contributed by atoms with van der Waals surface area (Å²) in [7, 11) is 0. The van der Waals surface area contributed by atoms with E-state index in [9.17, 15) is 0 Å². The number of benzene rings is 7. The number of hydrogen-bond acceptors (Lipinski definition) is 4. The molecule has 234 valence electrons. The van der Waals surface area contributed by atoms with Gasteiger partial charge in [-0.1, -0.05) is 127 Å². The zero-order valence-electron chi connectivity index (χ0n) is 26.9. The molecule has 0 saturated heterocycles. The molecule has 0 amide bonds. The molecule has 0 aliphatic carbocycles. The quantitative estimate of drug-likeness (QED) is 0.188. The predicted octanol–water partition coefficient (Wildman–Crippen LogP) is 11.5. The normalized spacial score (nSPS) is 11.6. The van der Waals surface area contributed by atoms with Crippen LogP contribution in [0.15, 0.2) is 174 Å². The number of fused-ring (bicyclic) bond motifs is 6. The second-order valence-electron chi connectivity index (χ2n) is 12.5. The molecule has 0 saturated carbocycles. The van der Waals surface area contributed by atoms with Gasteiger partial charge in [0.05, 0.1) is 11.0 Å². The maximum absolute atomic E-state index is 6.09. The third-order valence-corrected chi connectivity index (χ3v) is 9.47. The fourth-order valence-electron chi connectivity index (χ4n) is 7.05. The number of nitrogens with zero attached hydrogens (tertiary/aromatic N) is 4. The summed E-state index contributed by atoms with van der Waals surface area (Å²) in [5.74, 6) is 1.85. The summed E-state index contributed by atoms with van der Waals surface area (Å²) in [6.45, 7) is 0. The van der Waals surface area contributed by atoms with Crippen LogP contribution < -0.4 is 0 Å².